The van der Waals surface area contributed by atoms with Gasteiger partial charge in [-0.25, -0.2) is 0 Å². The van der Waals surface area contributed by atoms with E-state index >= 15 is 0 Å². The van der Waals surface area contributed by atoms with Crippen LogP contribution in [0.1, 0.15) is 25.3 Å². The van der Waals surface area contributed by atoms with Gasteiger partial charge in [0.25, 0.3) is 5.56 Å². The van der Waals surface area contributed by atoms with E-state index in [0.717, 1.165) is 16.3 Å². The lowest BCUT2D eigenvalue weighted by atomic mass is 10.0. The van der Waals surface area contributed by atoms with Crippen molar-refractivity contribution in [3.8, 4) is 17.3 Å². The second-order valence-electron chi connectivity index (χ2n) is 5.33. The summed E-state index contributed by atoms with van der Waals surface area (Å²) in [5, 5.41) is 12.1. The summed E-state index contributed by atoms with van der Waals surface area (Å²) in [7, 11) is 0. The third-order valence-electron chi connectivity index (χ3n) is 3.56. The highest BCUT2D eigenvalue weighted by atomic mass is 16.3. The van der Waals surface area contributed by atoms with Gasteiger partial charge in [-0.3, -0.25) is 4.79 Å². The lowest BCUT2D eigenvalue weighted by molar-refractivity contribution is 0.440. The van der Waals surface area contributed by atoms with E-state index in [0.29, 0.717) is 11.4 Å². The van der Waals surface area contributed by atoms with Crippen molar-refractivity contribution in [3.63, 3.8) is 0 Å². The summed E-state index contributed by atoms with van der Waals surface area (Å²) in [6.07, 6.45) is 0. The zero-order valence-electron chi connectivity index (χ0n) is 11.9. The first-order valence-corrected chi connectivity index (χ1v) is 6.89. The number of hydrogen-bond acceptors (Lipinski definition) is 3. The molecule has 0 radical (unpaired) electrons. The molecule has 0 spiro atoms. The molecule has 0 amide bonds. The van der Waals surface area contributed by atoms with Crippen LogP contribution in [0.5, 0.6) is 5.88 Å². The number of rotatable bonds is 2. The number of nitrogens with one attached hydrogen (secondary N) is 1. The van der Waals surface area contributed by atoms with Gasteiger partial charge in [0.2, 0.25) is 5.88 Å². The quantitative estimate of drug-likeness (QED) is 0.756. The van der Waals surface area contributed by atoms with Crippen molar-refractivity contribution in [2.45, 2.75) is 19.8 Å². The van der Waals surface area contributed by atoms with E-state index in [2.05, 4.69) is 9.97 Å². The number of aromatic nitrogens is 2. The Kier molecular flexibility index (Phi) is 3.22. The maximum atomic E-state index is 12.2. The van der Waals surface area contributed by atoms with Crippen LogP contribution in [0.3, 0.4) is 0 Å². The zero-order chi connectivity index (χ0) is 15.0. The van der Waals surface area contributed by atoms with E-state index in [1.807, 2.05) is 56.3 Å². The van der Waals surface area contributed by atoms with E-state index in [9.17, 15) is 9.90 Å². The number of H-pyrrole nitrogens is 1. The Morgan fingerprint density at radius 2 is 1.81 bits per heavy atom. The van der Waals surface area contributed by atoms with Crippen molar-refractivity contribution >= 4 is 10.8 Å². The summed E-state index contributed by atoms with van der Waals surface area (Å²) in [5.41, 5.74) is 0.829. The van der Waals surface area contributed by atoms with E-state index in [1.165, 1.54) is 0 Å². The lowest BCUT2D eigenvalue weighted by Gasteiger charge is -2.10. The van der Waals surface area contributed by atoms with Crippen LogP contribution in [-0.4, -0.2) is 15.1 Å². The third kappa shape index (κ3) is 2.29. The monoisotopic (exact) mass is 280 g/mol. The molecule has 0 saturated carbocycles. The highest BCUT2D eigenvalue weighted by Crippen LogP contribution is 2.28. The largest absolute Gasteiger partial charge is 0.493 e. The van der Waals surface area contributed by atoms with Crippen LogP contribution in [0.15, 0.2) is 47.3 Å². The molecule has 0 saturated heterocycles. The highest BCUT2D eigenvalue weighted by Gasteiger charge is 2.15. The summed E-state index contributed by atoms with van der Waals surface area (Å²) in [6, 6.07) is 13.7. The number of benzene rings is 2. The van der Waals surface area contributed by atoms with Crippen LogP contribution in [0, 0.1) is 0 Å². The lowest BCUT2D eigenvalue weighted by Crippen LogP contribution is -2.16. The van der Waals surface area contributed by atoms with Gasteiger partial charge in [0, 0.05) is 5.56 Å². The fourth-order valence-corrected chi connectivity index (χ4v) is 2.55. The molecule has 0 unspecified atom stereocenters. The molecule has 1 heterocycles. The molecule has 0 atom stereocenters. The molecule has 2 N–H and O–H groups in total. The van der Waals surface area contributed by atoms with Gasteiger partial charge < -0.3 is 10.1 Å². The van der Waals surface area contributed by atoms with Gasteiger partial charge in [-0.2, -0.15) is 4.98 Å². The average molecular weight is 280 g/mol. The molecule has 1 aromatic heterocycles. The Morgan fingerprint density at radius 3 is 2.52 bits per heavy atom. The second-order valence-corrected chi connectivity index (χ2v) is 5.33. The number of fused-ring (bicyclic) bond motifs is 1. The van der Waals surface area contributed by atoms with Gasteiger partial charge in [0.05, 0.1) is 5.56 Å². The van der Waals surface area contributed by atoms with E-state index in [-0.39, 0.29) is 17.4 Å². The number of aromatic hydroxyl groups is 1. The van der Waals surface area contributed by atoms with Gasteiger partial charge in [0.1, 0.15) is 5.82 Å². The summed E-state index contributed by atoms with van der Waals surface area (Å²) >= 11 is 0. The Balaban J connectivity index is 2.27. The molecule has 4 heteroatoms. The van der Waals surface area contributed by atoms with Gasteiger partial charge in [-0.05, 0) is 16.7 Å². The van der Waals surface area contributed by atoms with Gasteiger partial charge in [-0.15, -0.1) is 0 Å². The average Bonchev–Trinajstić information content (AvgIpc) is 2.45. The zero-order valence-corrected chi connectivity index (χ0v) is 11.9. The molecule has 0 bridgehead atoms. The summed E-state index contributed by atoms with van der Waals surface area (Å²) < 4.78 is 0. The van der Waals surface area contributed by atoms with E-state index in [1.54, 1.807) is 0 Å². The normalized spacial score (nSPS) is 11.2. The molecule has 4 nitrogen and oxygen atoms in total. The highest BCUT2D eigenvalue weighted by molar-refractivity contribution is 5.95. The van der Waals surface area contributed by atoms with Crippen LogP contribution in [-0.2, 0) is 0 Å². The molecular weight excluding hydrogens is 264 g/mol. The predicted octanol–water partition coefficient (Wildman–Crippen LogP) is 3.42. The number of aromatic amines is 1. The van der Waals surface area contributed by atoms with E-state index in [4.69, 9.17) is 0 Å². The maximum absolute atomic E-state index is 12.2. The van der Waals surface area contributed by atoms with Gasteiger partial charge in [0.15, 0.2) is 0 Å². The van der Waals surface area contributed by atoms with Crippen molar-refractivity contribution in [3.05, 3.63) is 58.4 Å². The fraction of sp³-hybridized carbons (Fsp3) is 0.176. The molecule has 0 fully saturated rings. The number of hydrogen-bond donors (Lipinski definition) is 2. The van der Waals surface area contributed by atoms with Crippen LogP contribution < -0.4 is 5.56 Å². The predicted molar refractivity (Wildman–Crippen MR) is 83.6 cm³/mol. The first-order valence-electron chi connectivity index (χ1n) is 6.89. The Labute approximate surface area is 122 Å². The molecule has 0 aliphatic rings. The molecular formula is C17H16N2O2. The molecule has 106 valence electrons. The summed E-state index contributed by atoms with van der Waals surface area (Å²) in [6.45, 7) is 3.70. The topological polar surface area (TPSA) is 66.0 Å². The van der Waals surface area contributed by atoms with Gasteiger partial charge >= 0.3 is 0 Å². The van der Waals surface area contributed by atoms with Crippen LogP contribution >= 0.6 is 0 Å². The van der Waals surface area contributed by atoms with Crippen molar-refractivity contribution in [1.29, 1.82) is 0 Å². The standard InChI is InChI=1S/C17H16N2O2/c1-10(2)14-16(20)18-15(19-17(14)21)13-9-5-7-11-6-3-4-8-12(11)13/h3-10H,1-2H3,(H2,18,19,20,21). The molecule has 2 aromatic carbocycles. The van der Waals surface area contributed by atoms with Gasteiger partial charge in [-0.1, -0.05) is 56.3 Å². The molecule has 3 aromatic rings. The minimum atomic E-state index is -0.291. The third-order valence-corrected chi connectivity index (χ3v) is 3.56. The van der Waals surface area contributed by atoms with Crippen molar-refractivity contribution in [1.82, 2.24) is 9.97 Å². The molecule has 3 rings (SSSR count). The van der Waals surface area contributed by atoms with E-state index < -0.39 is 0 Å². The summed E-state index contributed by atoms with van der Waals surface area (Å²) in [5.74, 6) is 0.109. The molecule has 0 aliphatic heterocycles. The minimum Gasteiger partial charge on any atom is -0.493 e. The van der Waals surface area contributed by atoms with Crippen LogP contribution in [0.25, 0.3) is 22.2 Å². The SMILES string of the molecule is CC(C)c1c(O)nc(-c2cccc3ccccc23)[nH]c1=O. The first kappa shape index (κ1) is 13.4. The Hall–Kier alpha value is -2.62. The molecule has 21 heavy (non-hydrogen) atoms. The smallest absolute Gasteiger partial charge is 0.258 e. The van der Waals surface area contributed by atoms with Crippen LogP contribution in [0.2, 0.25) is 0 Å². The minimum absolute atomic E-state index is 0.0807. The first-order chi connectivity index (χ1) is 10.1. The van der Waals surface area contributed by atoms with Crippen LogP contribution in [0.4, 0.5) is 0 Å². The Morgan fingerprint density at radius 1 is 1.10 bits per heavy atom. The van der Waals surface area contributed by atoms with Crippen molar-refractivity contribution in [2.24, 2.45) is 0 Å². The second kappa shape index (κ2) is 5.05. The summed E-state index contributed by atoms with van der Waals surface area (Å²) in [4.78, 5) is 19.1. The molecule has 0 aliphatic carbocycles. The van der Waals surface area contributed by atoms with Crippen molar-refractivity contribution < 1.29 is 5.11 Å². The Bertz CT molecular complexity index is 861. The van der Waals surface area contributed by atoms with Crippen molar-refractivity contribution in [2.75, 3.05) is 0 Å². The fourth-order valence-electron chi connectivity index (χ4n) is 2.55. The number of nitrogens with zero attached hydrogens (tertiary/aromatic N) is 1. The maximum Gasteiger partial charge on any atom is 0.258 e.